The zero-order valence-electron chi connectivity index (χ0n) is 7.82. The molecule has 13 heavy (non-hydrogen) atoms. The molecule has 0 aromatic heterocycles. The van der Waals surface area contributed by atoms with Crippen molar-refractivity contribution in [1.29, 1.82) is 0 Å². The van der Waals surface area contributed by atoms with Gasteiger partial charge in [0.25, 0.3) is 0 Å². The van der Waals surface area contributed by atoms with Crippen molar-refractivity contribution < 1.29 is 8.78 Å². The molecule has 0 aromatic carbocycles. The lowest BCUT2D eigenvalue weighted by Gasteiger charge is -2.06. The highest BCUT2D eigenvalue weighted by Gasteiger charge is 2.13. The Morgan fingerprint density at radius 2 is 2.15 bits per heavy atom. The maximum absolute atomic E-state index is 13.3. The Morgan fingerprint density at radius 1 is 1.46 bits per heavy atom. The van der Waals surface area contributed by atoms with Crippen molar-refractivity contribution in [2.45, 2.75) is 20.3 Å². The lowest BCUT2D eigenvalue weighted by molar-refractivity contribution is 0.557. The fourth-order valence-electron chi connectivity index (χ4n) is 1.17. The molecule has 0 unspecified atom stereocenters. The van der Waals surface area contributed by atoms with Crippen molar-refractivity contribution >= 4 is 0 Å². The monoisotopic (exact) mass is 185 g/mol. The molecule has 0 bridgehead atoms. The van der Waals surface area contributed by atoms with Gasteiger partial charge in [-0.2, -0.15) is 0 Å². The average Bonchev–Trinajstić information content (AvgIpc) is 2.19. The lowest BCUT2D eigenvalue weighted by Crippen LogP contribution is -2.14. The van der Waals surface area contributed by atoms with Crippen LogP contribution in [0.15, 0.2) is 35.1 Å². The van der Waals surface area contributed by atoms with Gasteiger partial charge >= 0.3 is 0 Å². The Hall–Kier alpha value is -1.12. The predicted molar refractivity (Wildman–Crippen MR) is 49.4 cm³/mol. The van der Waals surface area contributed by atoms with Gasteiger partial charge in [0, 0.05) is 13.0 Å². The quantitative estimate of drug-likeness (QED) is 0.697. The first-order chi connectivity index (χ1) is 6.15. The van der Waals surface area contributed by atoms with E-state index in [-0.39, 0.29) is 12.1 Å². The Balaban J connectivity index is 2.96. The number of allylic oxidation sites excluding steroid dienone is 5. The van der Waals surface area contributed by atoms with Crippen LogP contribution in [0.25, 0.3) is 0 Å². The molecule has 0 aromatic rings. The molecule has 0 spiro atoms. The molecule has 0 radical (unpaired) electrons. The van der Waals surface area contributed by atoms with Gasteiger partial charge in [-0.05, 0) is 19.9 Å². The Labute approximate surface area is 76.8 Å². The standard InChI is InChI=1S/C10H13F2N/c1-3-13-10-8(11)5-4-7(2)6-9(10)12/h4,6,13H,3,5H2,1-2H3. The first-order valence-electron chi connectivity index (χ1n) is 4.32. The largest absolute Gasteiger partial charge is 0.381 e. The number of rotatable bonds is 2. The minimum atomic E-state index is -0.523. The van der Waals surface area contributed by atoms with Gasteiger partial charge in [-0.15, -0.1) is 0 Å². The third-order valence-electron chi connectivity index (χ3n) is 1.82. The first-order valence-corrected chi connectivity index (χ1v) is 4.32. The number of nitrogens with one attached hydrogen (secondary N) is 1. The third-order valence-corrected chi connectivity index (χ3v) is 1.82. The molecule has 0 atom stereocenters. The number of likely N-dealkylation sites (N-methyl/N-ethyl adjacent to an activating group) is 1. The second-order valence-corrected chi connectivity index (χ2v) is 2.95. The van der Waals surface area contributed by atoms with E-state index >= 15 is 0 Å². The van der Waals surface area contributed by atoms with Crippen LogP contribution in [0.2, 0.25) is 0 Å². The van der Waals surface area contributed by atoms with Crippen molar-refractivity contribution in [3.05, 3.63) is 35.1 Å². The highest BCUT2D eigenvalue weighted by Crippen LogP contribution is 2.23. The van der Waals surface area contributed by atoms with E-state index in [2.05, 4.69) is 5.32 Å². The molecule has 1 nitrogen and oxygen atoms in total. The summed E-state index contributed by atoms with van der Waals surface area (Å²) >= 11 is 0. The summed E-state index contributed by atoms with van der Waals surface area (Å²) < 4.78 is 26.5. The van der Waals surface area contributed by atoms with Crippen LogP contribution >= 0.6 is 0 Å². The van der Waals surface area contributed by atoms with Gasteiger partial charge in [-0.25, -0.2) is 8.78 Å². The van der Waals surface area contributed by atoms with E-state index < -0.39 is 11.7 Å². The van der Waals surface area contributed by atoms with Gasteiger partial charge in [0.05, 0.1) is 0 Å². The maximum atomic E-state index is 13.3. The van der Waals surface area contributed by atoms with Crippen molar-refractivity contribution in [3.63, 3.8) is 0 Å². The van der Waals surface area contributed by atoms with Crippen LogP contribution < -0.4 is 5.32 Å². The summed E-state index contributed by atoms with van der Waals surface area (Å²) in [7, 11) is 0. The smallest absolute Gasteiger partial charge is 0.149 e. The molecule has 72 valence electrons. The highest BCUT2D eigenvalue weighted by molar-refractivity contribution is 5.36. The molecule has 0 heterocycles. The lowest BCUT2D eigenvalue weighted by atomic mass is 10.2. The van der Waals surface area contributed by atoms with E-state index in [9.17, 15) is 8.78 Å². The molecular formula is C10H13F2N. The summed E-state index contributed by atoms with van der Waals surface area (Å²) in [4.78, 5) is 0. The molecule has 0 saturated heterocycles. The van der Waals surface area contributed by atoms with Gasteiger partial charge in [-0.1, -0.05) is 11.6 Å². The third kappa shape index (κ3) is 2.41. The zero-order chi connectivity index (χ0) is 9.84. The number of hydrogen-bond donors (Lipinski definition) is 1. The van der Waals surface area contributed by atoms with Crippen molar-refractivity contribution in [2.75, 3.05) is 6.54 Å². The normalized spacial score (nSPS) is 17.8. The summed E-state index contributed by atoms with van der Waals surface area (Å²) in [5, 5.41) is 2.67. The minimum absolute atomic E-state index is 0.00407. The predicted octanol–water partition coefficient (Wildman–Crippen LogP) is 2.98. The van der Waals surface area contributed by atoms with Crippen LogP contribution in [-0.2, 0) is 0 Å². The molecular weight excluding hydrogens is 172 g/mol. The van der Waals surface area contributed by atoms with E-state index in [1.807, 2.05) is 0 Å². The minimum Gasteiger partial charge on any atom is -0.381 e. The molecule has 3 heteroatoms. The summed E-state index contributed by atoms with van der Waals surface area (Å²) in [6.45, 7) is 4.07. The van der Waals surface area contributed by atoms with Gasteiger partial charge in [0.1, 0.15) is 17.4 Å². The van der Waals surface area contributed by atoms with E-state index in [1.54, 1.807) is 19.9 Å². The van der Waals surface area contributed by atoms with Gasteiger partial charge in [0.15, 0.2) is 0 Å². The van der Waals surface area contributed by atoms with E-state index in [0.717, 1.165) is 5.57 Å². The summed E-state index contributed by atoms with van der Waals surface area (Å²) in [5.74, 6) is -0.960. The molecule has 0 amide bonds. The van der Waals surface area contributed by atoms with Crippen LogP contribution in [0.5, 0.6) is 0 Å². The van der Waals surface area contributed by atoms with Crippen molar-refractivity contribution in [3.8, 4) is 0 Å². The van der Waals surface area contributed by atoms with Crippen LogP contribution in [0.4, 0.5) is 8.78 Å². The van der Waals surface area contributed by atoms with Crippen LogP contribution in [0.3, 0.4) is 0 Å². The molecule has 1 rings (SSSR count). The maximum Gasteiger partial charge on any atom is 0.149 e. The SMILES string of the molecule is CCNC1=C(F)CC=C(C)C=C1F. The molecule has 1 aliphatic rings. The second-order valence-electron chi connectivity index (χ2n) is 2.95. The summed E-state index contributed by atoms with van der Waals surface area (Å²) in [6.07, 6.45) is 3.17. The first kappa shape index (κ1) is 9.96. The topological polar surface area (TPSA) is 12.0 Å². The Bertz CT molecular complexity index is 287. The number of hydrogen-bond acceptors (Lipinski definition) is 1. The fraction of sp³-hybridized carbons (Fsp3) is 0.400. The molecule has 1 N–H and O–H groups in total. The van der Waals surface area contributed by atoms with Gasteiger partial charge in [0.2, 0.25) is 0 Å². The van der Waals surface area contributed by atoms with E-state index in [1.165, 1.54) is 6.08 Å². The second kappa shape index (κ2) is 4.21. The van der Waals surface area contributed by atoms with E-state index in [0.29, 0.717) is 6.54 Å². The molecule has 0 fully saturated rings. The average molecular weight is 185 g/mol. The molecule has 1 aliphatic carbocycles. The zero-order valence-corrected chi connectivity index (χ0v) is 7.82. The van der Waals surface area contributed by atoms with E-state index in [4.69, 9.17) is 0 Å². The fourth-order valence-corrected chi connectivity index (χ4v) is 1.17. The van der Waals surface area contributed by atoms with Crippen LogP contribution in [-0.4, -0.2) is 6.54 Å². The van der Waals surface area contributed by atoms with Crippen LogP contribution in [0.1, 0.15) is 20.3 Å². The van der Waals surface area contributed by atoms with Crippen LogP contribution in [0, 0.1) is 0 Å². The van der Waals surface area contributed by atoms with Crippen molar-refractivity contribution in [1.82, 2.24) is 5.32 Å². The summed E-state index contributed by atoms with van der Waals surface area (Å²) in [6, 6.07) is 0. The molecule has 0 saturated carbocycles. The Kier molecular flexibility index (Phi) is 3.23. The molecule has 0 aliphatic heterocycles. The summed E-state index contributed by atoms with van der Waals surface area (Å²) in [5.41, 5.74) is 0.746. The van der Waals surface area contributed by atoms with Crippen molar-refractivity contribution in [2.24, 2.45) is 0 Å². The Morgan fingerprint density at radius 3 is 2.77 bits per heavy atom. The number of halogens is 2. The highest BCUT2D eigenvalue weighted by atomic mass is 19.1. The van der Waals surface area contributed by atoms with Gasteiger partial charge < -0.3 is 5.32 Å². The van der Waals surface area contributed by atoms with Gasteiger partial charge in [-0.3, -0.25) is 0 Å².